The minimum atomic E-state index is -0.0107. The van der Waals surface area contributed by atoms with E-state index in [9.17, 15) is 4.79 Å². The van der Waals surface area contributed by atoms with Crippen LogP contribution in [0.4, 0.5) is 0 Å². The van der Waals surface area contributed by atoms with Gasteiger partial charge in [-0.25, -0.2) is 9.98 Å². The van der Waals surface area contributed by atoms with Crippen LogP contribution in [0, 0.1) is 0 Å². The maximum atomic E-state index is 11.9. The number of carbonyl (C=O) groups excluding carboxylic acids is 1. The van der Waals surface area contributed by atoms with E-state index in [1.165, 1.54) is 19.4 Å². The molecule has 1 atom stereocenters. The van der Waals surface area contributed by atoms with Gasteiger partial charge in [0.15, 0.2) is 5.96 Å². The zero-order valence-corrected chi connectivity index (χ0v) is 20.8. The number of amides is 1. The largest absolute Gasteiger partial charge is 0.355 e. The predicted molar refractivity (Wildman–Crippen MR) is 128 cm³/mol. The molecular weight excluding hydrogens is 487 g/mol. The Morgan fingerprint density at radius 1 is 1.43 bits per heavy atom. The average Bonchev–Trinajstić information content (AvgIpc) is 3.29. The summed E-state index contributed by atoms with van der Waals surface area (Å²) in [4.78, 5) is 25.1. The molecule has 1 aromatic heterocycles. The number of likely N-dealkylation sites (tertiary alicyclic amines) is 1. The van der Waals surface area contributed by atoms with Gasteiger partial charge >= 0.3 is 0 Å². The lowest BCUT2D eigenvalue weighted by Gasteiger charge is -2.24. The molecule has 1 amide bonds. The minimum Gasteiger partial charge on any atom is -0.355 e. The Balaban J connectivity index is 0.00000392. The molecule has 0 saturated carbocycles. The molecule has 1 fully saturated rings. The normalized spacial score (nSPS) is 17.5. The highest BCUT2D eigenvalue weighted by molar-refractivity contribution is 14.0. The molecule has 9 heteroatoms. The van der Waals surface area contributed by atoms with E-state index in [0.29, 0.717) is 24.5 Å². The van der Waals surface area contributed by atoms with Crippen LogP contribution in [-0.2, 0) is 11.3 Å². The molecule has 0 bridgehead atoms. The van der Waals surface area contributed by atoms with Gasteiger partial charge < -0.3 is 15.5 Å². The van der Waals surface area contributed by atoms with Crippen LogP contribution in [0.2, 0.25) is 0 Å². The summed E-state index contributed by atoms with van der Waals surface area (Å²) in [7, 11) is 3.50. The lowest BCUT2D eigenvalue weighted by atomic mass is 10.2. The molecule has 1 aliphatic rings. The number of aliphatic imine (C=N–C) groups is 1. The molecule has 1 saturated heterocycles. The van der Waals surface area contributed by atoms with Gasteiger partial charge in [0.2, 0.25) is 5.91 Å². The van der Waals surface area contributed by atoms with Gasteiger partial charge in [0.05, 0.1) is 12.2 Å². The van der Waals surface area contributed by atoms with Gasteiger partial charge in [-0.3, -0.25) is 9.69 Å². The highest BCUT2D eigenvalue weighted by atomic mass is 127. The third-order valence-corrected chi connectivity index (χ3v) is 5.72. The first-order valence-electron chi connectivity index (χ1n) is 9.81. The van der Waals surface area contributed by atoms with E-state index in [1.54, 1.807) is 30.3 Å². The van der Waals surface area contributed by atoms with E-state index in [0.717, 1.165) is 23.8 Å². The molecule has 28 heavy (non-hydrogen) atoms. The van der Waals surface area contributed by atoms with Gasteiger partial charge in [0.25, 0.3) is 0 Å². The monoisotopic (exact) mass is 522 g/mol. The minimum absolute atomic E-state index is 0. The number of carbonyl (C=O) groups is 1. The van der Waals surface area contributed by atoms with Crippen molar-refractivity contribution in [1.82, 2.24) is 25.4 Å². The van der Waals surface area contributed by atoms with E-state index in [2.05, 4.69) is 51.7 Å². The second-order valence-electron chi connectivity index (χ2n) is 7.43. The Morgan fingerprint density at radius 2 is 2.18 bits per heavy atom. The molecular formula is C19H35IN6OS. The number of thiazole rings is 1. The third kappa shape index (κ3) is 7.82. The fourth-order valence-corrected chi connectivity index (χ4v) is 3.95. The summed E-state index contributed by atoms with van der Waals surface area (Å²) in [6, 6.07) is 0.527. The summed E-state index contributed by atoms with van der Waals surface area (Å²) >= 11 is 1.66. The fraction of sp³-hybridized carbons (Fsp3) is 0.737. The first-order valence-corrected chi connectivity index (χ1v) is 10.7. The molecule has 160 valence electrons. The van der Waals surface area contributed by atoms with Gasteiger partial charge in [-0.05, 0) is 31.8 Å². The Labute approximate surface area is 190 Å². The quantitative estimate of drug-likeness (QED) is 0.312. The Hall–Kier alpha value is -0.940. The van der Waals surface area contributed by atoms with E-state index < -0.39 is 0 Å². The summed E-state index contributed by atoms with van der Waals surface area (Å²) in [5.74, 6) is 1.10. The number of hydrogen-bond acceptors (Lipinski definition) is 5. The molecule has 2 heterocycles. The number of halogens is 1. The highest BCUT2D eigenvalue weighted by Crippen LogP contribution is 2.17. The molecule has 1 unspecified atom stereocenters. The highest BCUT2D eigenvalue weighted by Gasteiger charge is 2.22. The van der Waals surface area contributed by atoms with Crippen LogP contribution < -0.4 is 10.6 Å². The van der Waals surface area contributed by atoms with E-state index in [1.807, 2.05) is 0 Å². The lowest BCUT2D eigenvalue weighted by Crippen LogP contribution is -2.45. The average molecular weight is 523 g/mol. The van der Waals surface area contributed by atoms with E-state index in [4.69, 9.17) is 0 Å². The van der Waals surface area contributed by atoms with Crippen LogP contribution in [0.5, 0.6) is 0 Å². The zero-order valence-electron chi connectivity index (χ0n) is 17.7. The van der Waals surface area contributed by atoms with Gasteiger partial charge in [0, 0.05) is 32.1 Å². The summed E-state index contributed by atoms with van der Waals surface area (Å²) in [6.45, 7) is 10.3. The number of likely N-dealkylation sites (N-methyl/N-ethyl adjacent to an activating group) is 2. The molecule has 1 aromatic rings. The van der Waals surface area contributed by atoms with Crippen molar-refractivity contribution in [2.45, 2.75) is 52.1 Å². The topological polar surface area (TPSA) is 72.9 Å². The maximum Gasteiger partial charge on any atom is 0.243 e. The second-order valence-corrected chi connectivity index (χ2v) is 8.38. The van der Waals surface area contributed by atoms with Gasteiger partial charge in [-0.15, -0.1) is 35.3 Å². The standard InChI is InChI=1S/C19H34N6OS.HI/c1-6-25-9-7-8-15(25)10-20-19(22-12-18(26)24(4)5)21-11-17-23-16(13-27-17)14(2)3;/h13-15H,6-12H2,1-5H3,(H2,20,21,22);1H. The van der Waals surface area contributed by atoms with Crippen molar-refractivity contribution in [2.75, 3.05) is 40.3 Å². The van der Waals surface area contributed by atoms with Crippen LogP contribution >= 0.6 is 35.3 Å². The molecule has 0 radical (unpaired) electrons. The number of guanidine groups is 1. The predicted octanol–water partition coefficient (Wildman–Crippen LogP) is 2.49. The van der Waals surface area contributed by atoms with Gasteiger partial charge in [-0.1, -0.05) is 20.8 Å². The SMILES string of the molecule is CCN1CCCC1CNC(=NCC(=O)N(C)C)NCc1nc(C(C)C)cs1.I. The molecule has 0 aliphatic carbocycles. The van der Waals surface area contributed by atoms with Crippen molar-refractivity contribution in [2.24, 2.45) is 4.99 Å². The fourth-order valence-electron chi connectivity index (χ4n) is 3.05. The first kappa shape index (κ1) is 25.1. The van der Waals surface area contributed by atoms with Crippen LogP contribution in [0.25, 0.3) is 0 Å². The van der Waals surface area contributed by atoms with Gasteiger partial charge in [-0.2, -0.15) is 0 Å². The first-order chi connectivity index (χ1) is 12.9. The number of rotatable bonds is 8. The van der Waals surface area contributed by atoms with Crippen LogP contribution in [-0.4, -0.2) is 73.0 Å². The van der Waals surface area contributed by atoms with Gasteiger partial charge in [0.1, 0.15) is 11.6 Å². The Morgan fingerprint density at radius 3 is 2.79 bits per heavy atom. The molecule has 2 rings (SSSR count). The number of nitrogens with one attached hydrogen (secondary N) is 2. The lowest BCUT2D eigenvalue weighted by molar-refractivity contribution is -0.127. The van der Waals surface area contributed by atoms with Crippen molar-refractivity contribution in [1.29, 1.82) is 0 Å². The van der Waals surface area contributed by atoms with Crippen molar-refractivity contribution < 1.29 is 4.79 Å². The molecule has 1 aliphatic heterocycles. The van der Waals surface area contributed by atoms with Crippen molar-refractivity contribution in [3.05, 3.63) is 16.1 Å². The van der Waals surface area contributed by atoms with Crippen molar-refractivity contribution in [3.8, 4) is 0 Å². The summed E-state index contributed by atoms with van der Waals surface area (Å²) in [5, 5.41) is 9.90. The Bertz CT molecular complexity index is 634. The summed E-state index contributed by atoms with van der Waals surface area (Å²) < 4.78 is 0. The molecule has 0 spiro atoms. The van der Waals surface area contributed by atoms with Crippen molar-refractivity contribution >= 4 is 47.2 Å². The van der Waals surface area contributed by atoms with Crippen LogP contribution in [0.1, 0.15) is 50.2 Å². The van der Waals surface area contributed by atoms with Crippen molar-refractivity contribution in [3.63, 3.8) is 0 Å². The zero-order chi connectivity index (χ0) is 19.8. The summed E-state index contributed by atoms with van der Waals surface area (Å²) in [5.41, 5.74) is 1.12. The number of aromatic nitrogens is 1. The summed E-state index contributed by atoms with van der Waals surface area (Å²) in [6.07, 6.45) is 2.45. The van der Waals surface area contributed by atoms with Crippen LogP contribution in [0.3, 0.4) is 0 Å². The number of nitrogens with zero attached hydrogens (tertiary/aromatic N) is 4. The number of hydrogen-bond donors (Lipinski definition) is 2. The molecule has 7 nitrogen and oxygen atoms in total. The second kappa shape index (κ2) is 12.6. The van der Waals surface area contributed by atoms with E-state index >= 15 is 0 Å². The molecule has 0 aromatic carbocycles. The van der Waals surface area contributed by atoms with Crippen LogP contribution in [0.15, 0.2) is 10.4 Å². The maximum absolute atomic E-state index is 11.9. The third-order valence-electron chi connectivity index (χ3n) is 4.85. The molecule has 2 N–H and O–H groups in total. The van der Waals surface area contributed by atoms with E-state index in [-0.39, 0.29) is 36.4 Å². The smallest absolute Gasteiger partial charge is 0.243 e. The Kier molecular flexibility index (Phi) is 11.3.